The summed E-state index contributed by atoms with van der Waals surface area (Å²) in [7, 11) is -8.10. The molecule has 1 aliphatic rings. The molecule has 0 radical (unpaired) electrons. The van der Waals surface area contributed by atoms with E-state index in [9.17, 15) is 16.8 Å². The van der Waals surface area contributed by atoms with Crippen molar-refractivity contribution in [2.45, 2.75) is 6.42 Å². The third kappa shape index (κ3) is 8.67. The average Bonchev–Trinajstić information content (AvgIpc) is 2.76. The van der Waals surface area contributed by atoms with Crippen LogP contribution in [-0.4, -0.2) is 77.2 Å². The normalized spacial score (nSPS) is 14.8. The predicted octanol–water partition coefficient (Wildman–Crippen LogP) is -0.577. The second-order valence-corrected chi connectivity index (χ2v) is 9.97. The fourth-order valence-corrected chi connectivity index (χ4v) is 3.23. The third-order valence-electron chi connectivity index (χ3n) is 4.02. The lowest BCUT2D eigenvalue weighted by Crippen LogP contribution is -2.42. The number of hydrogen-bond donors (Lipinski definition) is 1. The van der Waals surface area contributed by atoms with Crippen molar-refractivity contribution in [2.24, 2.45) is 0 Å². The second-order valence-electron chi connectivity index (χ2n) is 6.84. The van der Waals surface area contributed by atoms with Crippen LogP contribution in [-0.2, 0) is 40.0 Å². The lowest BCUT2D eigenvalue weighted by molar-refractivity contribution is 0.0942. The summed E-state index contributed by atoms with van der Waals surface area (Å²) in [4.78, 5) is 14.6. The minimum Gasteiger partial charge on any atom is -0.463 e. The number of ether oxygens (including phenoxy) is 2. The Bertz CT molecular complexity index is 1130. The molecule has 0 spiro atoms. The number of nitrogens with zero attached hydrogens (tertiary/aromatic N) is 5. The SMILES string of the molecule is CS(=O)(=O)ONN(OS(C)(=O)=O)c1cc(N2CCOCC2)nc(OCCc2ccccn2)n1. The molecule has 1 saturated heterocycles. The Balaban J connectivity index is 1.87. The summed E-state index contributed by atoms with van der Waals surface area (Å²) in [6.07, 6.45) is 3.68. The summed E-state index contributed by atoms with van der Waals surface area (Å²) in [6.45, 7) is 2.15. The van der Waals surface area contributed by atoms with Gasteiger partial charge in [-0.25, -0.2) is 0 Å². The van der Waals surface area contributed by atoms with Crippen molar-refractivity contribution in [3.05, 3.63) is 36.2 Å². The molecule has 182 valence electrons. The Hall–Kier alpha value is -2.63. The first kappa shape index (κ1) is 25.0. The van der Waals surface area contributed by atoms with Crippen LogP contribution in [0.1, 0.15) is 5.69 Å². The Morgan fingerprint density at radius 3 is 2.52 bits per heavy atom. The maximum absolute atomic E-state index is 11.7. The first-order chi connectivity index (χ1) is 15.6. The molecule has 16 heteroatoms. The first-order valence-electron chi connectivity index (χ1n) is 9.67. The zero-order valence-electron chi connectivity index (χ0n) is 17.9. The van der Waals surface area contributed by atoms with Crippen molar-refractivity contribution < 1.29 is 34.9 Å². The molecule has 0 saturated carbocycles. The van der Waals surface area contributed by atoms with E-state index >= 15 is 0 Å². The number of anilines is 2. The monoisotopic (exact) mass is 504 g/mol. The minimum absolute atomic E-state index is 0.0896. The molecule has 0 aliphatic carbocycles. The van der Waals surface area contributed by atoms with Crippen LogP contribution in [0.4, 0.5) is 11.6 Å². The lowest BCUT2D eigenvalue weighted by atomic mass is 10.3. The van der Waals surface area contributed by atoms with E-state index in [0.29, 0.717) is 43.7 Å². The van der Waals surface area contributed by atoms with E-state index in [4.69, 9.17) is 13.8 Å². The summed E-state index contributed by atoms with van der Waals surface area (Å²) in [5.74, 6) is 0.216. The third-order valence-corrected chi connectivity index (χ3v) is 4.82. The molecule has 0 bridgehead atoms. The number of pyridine rings is 1. The zero-order valence-corrected chi connectivity index (χ0v) is 19.6. The van der Waals surface area contributed by atoms with Crippen molar-refractivity contribution >= 4 is 31.9 Å². The van der Waals surface area contributed by atoms with Crippen LogP contribution in [0.2, 0.25) is 0 Å². The van der Waals surface area contributed by atoms with Gasteiger partial charge in [0.05, 0.1) is 32.3 Å². The van der Waals surface area contributed by atoms with Gasteiger partial charge >= 0.3 is 6.01 Å². The molecule has 3 heterocycles. The molecule has 3 rings (SSSR count). The van der Waals surface area contributed by atoms with Gasteiger partial charge in [0.2, 0.25) is 0 Å². The molecular weight excluding hydrogens is 480 g/mol. The Labute approximate surface area is 191 Å². The summed E-state index contributed by atoms with van der Waals surface area (Å²) >= 11 is 0. The largest absolute Gasteiger partial charge is 0.463 e. The molecule has 1 fully saturated rings. The highest BCUT2D eigenvalue weighted by Gasteiger charge is 2.23. The van der Waals surface area contributed by atoms with Crippen LogP contribution >= 0.6 is 0 Å². The quantitative estimate of drug-likeness (QED) is 0.387. The molecule has 33 heavy (non-hydrogen) atoms. The molecule has 2 aromatic heterocycles. The van der Waals surface area contributed by atoms with Gasteiger partial charge in [0, 0.05) is 37.5 Å². The minimum atomic E-state index is -4.10. The summed E-state index contributed by atoms with van der Waals surface area (Å²) in [5.41, 5.74) is 2.72. The first-order valence-corrected chi connectivity index (χ1v) is 13.3. The Morgan fingerprint density at radius 2 is 1.88 bits per heavy atom. The van der Waals surface area contributed by atoms with Crippen LogP contribution in [0.15, 0.2) is 30.5 Å². The molecule has 2 aromatic rings. The number of rotatable bonds is 11. The van der Waals surface area contributed by atoms with Gasteiger partial charge in [0.25, 0.3) is 20.2 Å². The van der Waals surface area contributed by atoms with Gasteiger partial charge in [-0.2, -0.15) is 31.1 Å². The van der Waals surface area contributed by atoms with E-state index in [2.05, 4.69) is 19.2 Å². The van der Waals surface area contributed by atoms with Gasteiger partial charge in [-0.15, -0.1) is 9.46 Å². The highest BCUT2D eigenvalue weighted by Crippen LogP contribution is 2.23. The average molecular weight is 505 g/mol. The lowest BCUT2D eigenvalue weighted by Gasteiger charge is -2.29. The van der Waals surface area contributed by atoms with Crippen LogP contribution in [0, 0.1) is 0 Å². The van der Waals surface area contributed by atoms with Crippen molar-refractivity contribution in [1.29, 1.82) is 0 Å². The molecule has 1 aliphatic heterocycles. The van der Waals surface area contributed by atoms with E-state index < -0.39 is 20.2 Å². The zero-order chi connectivity index (χ0) is 23.9. The van der Waals surface area contributed by atoms with E-state index in [1.807, 2.05) is 22.6 Å². The highest BCUT2D eigenvalue weighted by molar-refractivity contribution is 7.86. The molecular formula is C17H24N6O8S2. The molecule has 14 nitrogen and oxygen atoms in total. The molecule has 0 aromatic carbocycles. The molecule has 0 unspecified atom stereocenters. The fraction of sp³-hybridized carbons (Fsp3) is 0.471. The maximum Gasteiger partial charge on any atom is 0.320 e. The van der Waals surface area contributed by atoms with E-state index in [-0.39, 0.29) is 18.4 Å². The molecule has 1 N–H and O–H groups in total. The number of hydrazine groups is 1. The number of morpholine rings is 1. The summed E-state index contributed by atoms with van der Waals surface area (Å²) in [5, 5.41) is 0.452. The molecule has 0 atom stereocenters. The van der Waals surface area contributed by atoms with Crippen molar-refractivity contribution in [2.75, 3.05) is 55.5 Å². The number of nitrogens with one attached hydrogen (secondary N) is 1. The summed E-state index contributed by atoms with van der Waals surface area (Å²) in [6, 6.07) is 6.79. The van der Waals surface area contributed by atoms with Crippen LogP contribution in [0.3, 0.4) is 0 Å². The summed E-state index contributed by atoms with van der Waals surface area (Å²) < 4.78 is 66.5. The van der Waals surface area contributed by atoms with Crippen LogP contribution in [0.25, 0.3) is 0 Å². The van der Waals surface area contributed by atoms with Crippen LogP contribution < -0.4 is 20.4 Å². The predicted molar refractivity (Wildman–Crippen MR) is 116 cm³/mol. The van der Waals surface area contributed by atoms with Gasteiger partial charge in [-0.05, 0) is 12.1 Å². The second kappa shape index (κ2) is 11.0. The van der Waals surface area contributed by atoms with Crippen molar-refractivity contribution in [1.82, 2.24) is 20.5 Å². The van der Waals surface area contributed by atoms with Gasteiger partial charge < -0.3 is 14.4 Å². The van der Waals surface area contributed by atoms with E-state index in [1.165, 1.54) is 6.07 Å². The highest BCUT2D eigenvalue weighted by atomic mass is 32.2. The Kier molecular flexibility index (Phi) is 8.33. The number of hydrogen-bond acceptors (Lipinski definition) is 14. The smallest absolute Gasteiger partial charge is 0.320 e. The van der Waals surface area contributed by atoms with Gasteiger partial charge in [-0.3, -0.25) is 4.98 Å². The molecule has 0 amide bonds. The van der Waals surface area contributed by atoms with E-state index in [1.54, 1.807) is 12.3 Å². The van der Waals surface area contributed by atoms with Crippen LogP contribution in [0.5, 0.6) is 6.01 Å². The van der Waals surface area contributed by atoms with Crippen molar-refractivity contribution in [3.8, 4) is 6.01 Å². The fourth-order valence-electron chi connectivity index (χ4n) is 2.65. The van der Waals surface area contributed by atoms with E-state index in [0.717, 1.165) is 18.2 Å². The topological polar surface area (TPSA) is 162 Å². The van der Waals surface area contributed by atoms with Gasteiger partial charge in [-0.1, -0.05) is 11.7 Å². The van der Waals surface area contributed by atoms with Gasteiger partial charge in [0.15, 0.2) is 5.82 Å². The Morgan fingerprint density at radius 1 is 1.12 bits per heavy atom. The standard InChI is InChI=1S/C17H24N6O8S2/c1-32(24,25)30-21-23(31-33(2,26)27)16-13-15(22-8-11-28-12-9-22)19-17(20-16)29-10-6-14-5-3-4-7-18-14/h3-5,7,13,21H,6,8-12H2,1-2H3. The van der Waals surface area contributed by atoms with Crippen molar-refractivity contribution in [3.63, 3.8) is 0 Å². The van der Waals surface area contributed by atoms with Gasteiger partial charge in [0.1, 0.15) is 5.82 Å². The number of aromatic nitrogens is 3. The maximum atomic E-state index is 11.7.